The van der Waals surface area contributed by atoms with Crippen molar-refractivity contribution in [1.29, 1.82) is 5.26 Å². The van der Waals surface area contributed by atoms with Crippen molar-refractivity contribution in [1.82, 2.24) is 19.9 Å². The van der Waals surface area contributed by atoms with Gasteiger partial charge in [0, 0.05) is 50.6 Å². The van der Waals surface area contributed by atoms with Gasteiger partial charge in [-0.2, -0.15) is 5.26 Å². The molecule has 2 aromatic heterocycles. The molecule has 1 amide bonds. The van der Waals surface area contributed by atoms with Crippen molar-refractivity contribution in [3.8, 4) is 28.5 Å². The van der Waals surface area contributed by atoms with E-state index in [0.717, 1.165) is 12.8 Å². The Hall–Kier alpha value is -4.10. The number of hydrogen-bond donors (Lipinski definition) is 2. The molecule has 10 heteroatoms. The minimum Gasteiger partial charge on any atom is -0.354 e. The Kier molecular flexibility index (Phi) is 6.38. The number of halogens is 1. The SMILES string of the molecule is CNC(=O)c1ccc(-c2c(-c3ccc(C#N)c(F)c3)nc(N3CCC(N)CC3)n(C)c2=O)cn1. The normalized spacial score (nSPS) is 14.0. The summed E-state index contributed by atoms with van der Waals surface area (Å²) in [5, 5.41) is 11.6. The summed E-state index contributed by atoms with van der Waals surface area (Å²) in [6.07, 6.45) is 2.96. The quantitative estimate of drug-likeness (QED) is 0.606. The number of rotatable bonds is 4. The summed E-state index contributed by atoms with van der Waals surface area (Å²) < 4.78 is 16.0. The third kappa shape index (κ3) is 4.25. The molecule has 3 heterocycles. The van der Waals surface area contributed by atoms with Crippen LogP contribution in [-0.2, 0) is 7.05 Å². The average Bonchev–Trinajstić information content (AvgIpc) is 2.85. The van der Waals surface area contributed by atoms with Gasteiger partial charge in [-0.25, -0.2) is 9.37 Å². The molecule has 3 N–H and O–H groups in total. The third-order valence-corrected chi connectivity index (χ3v) is 5.96. The van der Waals surface area contributed by atoms with Gasteiger partial charge in [-0.15, -0.1) is 0 Å². The zero-order valence-corrected chi connectivity index (χ0v) is 18.9. The lowest BCUT2D eigenvalue weighted by molar-refractivity contribution is 0.0958. The van der Waals surface area contributed by atoms with Gasteiger partial charge in [0.05, 0.1) is 16.8 Å². The number of piperidine rings is 1. The molecule has 0 bridgehead atoms. The lowest BCUT2D eigenvalue weighted by Gasteiger charge is -2.32. The molecule has 34 heavy (non-hydrogen) atoms. The Balaban J connectivity index is 1.92. The van der Waals surface area contributed by atoms with Crippen molar-refractivity contribution in [2.45, 2.75) is 18.9 Å². The zero-order valence-electron chi connectivity index (χ0n) is 18.9. The van der Waals surface area contributed by atoms with E-state index in [-0.39, 0.29) is 40.0 Å². The molecule has 0 spiro atoms. The van der Waals surface area contributed by atoms with Crippen molar-refractivity contribution in [3.63, 3.8) is 0 Å². The van der Waals surface area contributed by atoms with Crippen molar-refractivity contribution < 1.29 is 9.18 Å². The lowest BCUT2D eigenvalue weighted by Crippen LogP contribution is -2.42. The Morgan fingerprint density at radius 1 is 1.24 bits per heavy atom. The van der Waals surface area contributed by atoms with Gasteiger partial charge in [0.25, 0.3) is 11.5 Å². The fourth-order valence-corrected chi connectivity index (χ4v) is 4.00. The van der Waals surface area contributed by atoms with E-state index in [2.05, 4.69) is 10.3 Å². The number of benzene rings is 1. The summed E-state index contributed by atoms with van der Waals surface area (Å²) in [4.78, 5) is 36.4. The molecule has 1 aliphatic heterocycles. The maximum absolute atomic E-state index is 14.5. The van der Waals surface area contributed by atoms with Crippen LogP contribution in [0, 0.1) is 17.1 Å². The molecule has 1 saturated heterocycles. The lowest BCUT2D eigenvalue weighted by atomic mass is 10.00. The molecule has 1 aliphatic rings. The largest absolute Gasteiger partial charge is 0.354 e. The number of hydrogen-bond acceptors (Lipinski definition) is 7. The highest BCUT2D eigenvalue weighted by atomic mass is 19.1. The van der Waals surface area contributed by atoms with Gasteiger partial charge in [0.15, 0.2) is 0 Å². The second-order valence-corrected chi connectivity index (χ2v) is 8.14. The summed E-state index contributed by atoms with van der Waals surface area (Å²) >= 11 is 0. The number of nitrogens with zero attached hydrogens (tertiary/aromatic N) is 5. The van der Waals surface area contributed by atoms with Crippen LogP contribution in [0.5, 0.6) is 0 Å². The molecule has 0 radical (unpaired) electrons. The van der Waals surface area contributed by atoms with Gasteiger partial charge in [0.1, 0.15) is 17.6 Å². The Morgan fingerprint density at radius 2 is 1.94 bits per heavy atom. The minimum atomic E-state index is -0.702. The van der Waals surface area contributed by atoms with Crippen molar-refractivity contribution in [2.24, 2.45) is 12.8 Å². The van der Waals surface area contributed by atoms with E-state index in [1.54, 1.807) is 25.2 Å². The molecule has 4 rings (SSSR count). The van der Waals surface area contributed by atoms with Crippen LogP contribution in [0.2, 0.25) is 0 Å². The van der Waals surface area contributed by atoms with E-state index in [0.29, 0.717) is 30.2 Å². The number of aromatic nitrogens is 3. The number of nitriles is 1. The van der Waals surface area contributed by atoms with E-state index in [4.69, 9.17) is 16.0 Å². The van der Waals surface area contributed by atoms with Crippen LogP contribution in [0.4, 0.5) is 10.3 Å². The number of nitrogens with two attached hydrogens (primary N) is 1. The number of anilines is 1. The van der Waals surface area contributed by atoms with Crippen LogP contribution in [0.25, 0.3) is 22.4 Å². The van der Waals surface area contributed by atoms with Gasteiger partial charge in [-0.3, -0.25) is 19.1 Å². The second-order valence-electron chi connectivity index (χ2n) is 8.14. The third-order valence-electron chi connectivity index (χ3n) is 5.96. The van der Waals surface area contributed by atoms with Gasteiger partial charge >= 0.3 is 0 Å². The van der Waals surface area contributed by atoms with Crippen molar-refractivity contribution >= 4 is 11.9 Å². The smallest absolute Gasteiger partial charge is 0.269 e. The highest BCUT2D eigenvalue weighted by Crippen LogP contribution is 2.31. The van der Waals surface area contributed by atoms with Gasteiger partial charge in [0.2, 0.25) is 5.95 Å². The maximum atomic E-state index is 14.5. The summed E-state index contributed by atoms with van der Waals surface area (Å²) in [5.74, 6) is -0.604. The van der Waals surface area contributed by atoms with Crippen LogP contribution in [0.15, 0.2) is 41.3 Å². The monoisotopic (exact) mass is 461 g/mol. The van der Waals surface area contributed by atoms with Gasteiger partial charge in [-0.1, -0.05) is 12.1 Å². The average molecular weight is 462 g/mol. The van der Waals surface area contributed by atoms with Crippen molar-refractivity contribution in [3.05, 3.63) is 64.0 Å². The van der Waals surface area contributed by atoms with Crippen molar-refractivity contribution in [2.75, 3.05) is 25.0 Å². The fraction of sp³-hybridized carbons (Fsp3) is 0.292. The molecule has 1 aromatic carbocycles. The minimum absolute atomic E-state index is 0.101. The molecule has 0 aliphatic carbocycles. The fourth-order valence-electron chi connectivity index (χ4n) is 4.00. The number of pyridine rings is 1. The molecule has 174 valence electrons. The van der Waals surface area contributed by atoms with E-state index in [1.807, 2.05) is 4.90 Å². The van der Waals surface area contributed by atoms with Gasteiger partial charge < -0.3 is 16.0 Å². The Labute approximate surface area is 195 Å². The van der Waals surface area contributed by atoms with Crippen LogP contribution in [0.3, 0.4) is 0 Å². The molecular formula is C24H24FN7O2. The summed E-state index contributed by atoms with van der Waals surface area (Å²) in [6, 6.07) is 9.15. The second kappa shape index (κ2) is 9.41. The molecule has 3 aromatic rings. The first kappa shape index (κ1) is 23.1. The van der Waals surface area contributed by atoms with E-state index in [9.17, 15) is 14.0 Å². The molecule has 0 unspecified atom stereocenters. The zero-order chi connectivity index (χ0) is 24.4. The van der Waals surface area contributed by atoms with Crippen LogP contribution in [0.1, 0.15) is 28.9 Å². The Morgan fingerprint density at radius 3 is 2.53 bits per heavy atom. The molecule has 9 nitrogen and oxygen atoms in total. The summed E-state index contributed by atoms with van der Waals surface area (Å²) in [7, 11) is 3.14. The van der Waals surface area contributed by atoms with E-state index < -0.39 is 5.82 Å². The number of carbonyl (C=O) groups excluding carboxylic acids is 1. The number of carbonyl (C=O) groups is 1. The van der Waals surface area contributed by atoms with Crippen LogP contribution < -0.4 is 21.5 Å². The first-order valence-electron chi connectivity index (χ1n) is 10.8. The first-order chi connectivity index (χ1) is 16.3. The number of amides is 1. The van der Waals surface area contributed by atoms with Gasteiger partial charge in [-0.05, 0) is 31.0 Å². The summed E-state index contributed by atoms with van der Waals surface area (Å²) in [6.45, 7) is 1.29. The number of nitrogens with one attached hydrogen (secondary N) is 1. The predicted octanol–water partition coefficient (Wildman–Crippen LogP) is 1.81. The first-order valence-corrected chi connectivity index (χ1v) is 10.8. The topological polar surface area (TPSA) is 130 Å². The molecule has 0 atom stereocenters. The maximum Gasteiger partial charge on any atom is 0.269 e. The summed E-state index contributed by atoms with van der Waals surface area (Å²) in [5.41, 5.74) is 7.08. The molecular weight excluding hydrogens is 437 g/mol. The van der Waals surface area contributed by atoms with Crippen LogP contribution in [-0.4, -0.2) is 46.6 Å². The predicted molar refractivity (Wildman–Crippen MR) is 126 cm³/mol. The van der Waals surface area contributed by atoms with E-state index in [1.165, 1.54) is 36.0 Å². The van der Waals surface area contributed by atoms with E-state index >= 15 is 0 Å². The van der Waals surface area contributed by atoms with Crippen LogP contribution >= 0.6 is 0 Å². The molecule has 1 fully saturated rings. The molecule has 0 saturated carbocycles. The standard InChI is InChI=1S/C24H24FN7O2/c1-28-22(33)19-6-5-16(13-29-19)20-21(14-3-4-15(12-26)18(25)11-14)30-24(31(2)23(20)34)32-9-7-17(27)8-10-32/h3-6,11,13,17H,7-10,27H2,1-2H3,(H,28,33). The highest BCUT2D eigenvalue weighted by Gasteiger charge is 2.24. The Bertz CT molecular complexity index is 1340. The highest BCUT2D eigenvalue weighted by molar-refractivity contribution is 5.92.